The van der Waals surface area contributed by atoms with Crippen LogP contribution < -0.4 is 10.6 Å². The minimum absolute atomic E-state index is 0.598. The zero-order chi connectivity index (χ0) is 9.73. The molecule has 2 N–H and O–H groups in total. The molecule has 0 saturated carbocycles. The Bertz CT molecular complexity index is 135. The zero-order valence-corrected chi connectivity index (χ0v) is 9.32. The average Bonchev–Trinajstić information content (AvgIpc) is 2.21. The van der Waals surface area contributed by atoms with Gasteiger partial charge in [0.15, 0.2) is 0 Å². The number of piperidine rings is 2. The summed E-state index contributed by atoms with van der Waals surface area (Å²) in [5.74, 6) is 0.900. The molecular formula is C11H24N2. The van der Waals surface area contributed by atoms with Crippen LogP contribution in [-0.4, -0.2) is 26.2 Å². The van der Waals surface area contributed by atoms with Crippen molar-refractivity contribution in [2.75, 3.05) is 26.2 Å². The number of nitrogens with one attached hydrogen (secondary N) is 2. The van der Waals surface area contributed by atoms with Gasteiger partial charge >= 0.3 is 0 Å². The molecule has 0 aliphatic carbocycles. The fourth-order valence-electron chi connectivity index (χ4n) is 2.51. The summed E-state index contributed by atoms with van der Waals surface area (Å²) in [5, 5.41) is 7.08. The van der Waals surface area contributed by atoms with Crippen LogP contribution in [0.4, 0.5) is 0 Å². The number of rotatable bonds is 1. The number of fused-ring (bicyclic) bond motifs is 2. The minimum atomic E-state index is 0.598. The van der Waals surface area contributed by atoms with E-state index in [0.717, 1.165) is 5.92 Å². The molecule has 0 amide bonds. The van der Waals surface area contributed by atoms with E-state index in [0.29, 0.717) is 5.41 Å². The van der Waals surface area contributed by atoms with Crippen molar-refractivity contribution in [1.82, 2.24) is 10.6 Å². The predicted molar refractivity (Wildman–Crippen MR) is 57.9 cm³/mol. The molecule has 0 radical (unpaired) electrons. The third-order valence-electron chi connectivity index (χ3n) is 3.34. The first kappa shape index (κ1) is 11.0. The van der Waals surface area contributed by atoms with Gasteiger partial charge in [0.25, 0.3) is 0 Å². The van der Waals surface area contributed by atoms with Crippen LogP contribution in [0, 0.1) is 11.3 Å². The fraction of sp³-hybridized carbons (Fsp3) is 1.00. The summed E-state index contributed by atoms with van der Waals surface area (Å²) in [4.78, 5) is 0. The van der Waals surface area contributed by atoms with Gasteiger partial charge in [-0.25, -0.2) is 0 Å². The quantitative estimate of drug-likeness (QED) is 0.647. The lowest BCUT2D eigenvalue weighted by Crippen LogP contribution is -2.56. The van der Waals surface area contributed by atoms with E-state index < -0.39 is 0 Å². The SMILES string of the molecule is CC.CCC12CNCC(CNC1)C2. The van der Waals surface area contributed by atoms with Gasteiger partial charge in [0.05, 0.1) is 0 Å². The maximum absolute atomic E-state index is 3.54. The van der Waals surface area contributed by atoms with Crippen molar-refractivity contribution < 1.29 is 0 Å². The molecule has 0 unspecified atom stereocenters. The average molecular weight is 184 g/mol. The van der Waals surface area contributed by atoms with E-state index in [1.54, 1.807) is 0 Å². The van der Waals surface area contributed by atoms with E-state index in [1.165, 1.54) is 39.0 Å². The van der Waals surface area contributed by atoms with Crippen LogP contribution in [0.25, 0.3) is 0 Å². The molecule has 0 atom stereocenters. The van der Waals surface area contributed by atoms with Crippen molar-refractivity contribution >= 4 is 0 Å². The van der Waals surface area contributed by atoms with Crippen molar-refractivity contribution in [3.8, 4) is 0 Å². The number of hydrogen-bond donors (Lipinski definition) is 2. The Hall–Kier alpha value is -0.0800. The van der Waals surface area contributed by atoms with Gasteiger partial charge in [-0.2, -0.15) is 0 Å². The Morgan fingerprint density at radius 3 is 2.08 bits per heavy atom. The molecule has 2 heterocycles. The van der Waals surface area contributed by atoms with Gasteiger partial charge in [0.1, 0.15) is 0 Å². The summed E-state index contributed by atoms with van der Waals surface area (Å²) >= 11 is 0. The molecule has 0 aromatic rings. The van der Waals surface area contributed by atoms with Gasteiger partial charge < -0.3 is 10.6 Å². The summed E-state index contributed by atoms with van der Waals surface area (Å²) in [5.41, 5.74) is 0.598. The van der Waals surface area contributed by atoms with Gasteiger partial charge in [0.2, 0.25) is 0 Å². The lowest BCUT2D eigenvalue weighted by Gasteiger charge is -2.45. The largest absolute Gasteiger partial charge is 0.316 e. The van der Waals surface area contributed by atoms with Crippen LogP contribution in [0.2, 0.25) is 0 Å². The molecule has 2 aliphatic heterocycles. The van der Waals surface area contributed by atoms with Crippen LogP contribution in [0.5, 0.6) is 0 Å². The lowest BCUT2D eigenvalue weighted by molar-refractivity contribution is 0.108. The standard InChI is InChI=1S/C9H18N2.C2H6/c1-2-9-3-8(4-10-6-9)5-11-7-9;1-2/h8,10-11H,2-7H2,1H3;1-2H3. The Balaban J connectivity index is 0.000000396. The lowest BCUT2D eigenvalue weighted by atomic mass is 9.72. The van der Waals surface area contributed by atoms with Crippen molar-refractivity contribution in [2.24, 2.45) is 11.3 Å². The zero-order valence-electron chi connectivity index (χ0n) is 9.32. The maximum Gasteiger partial charge on any atom is 0.00201 e. The molecule has 2 saturated heterocycles. The first-order valence-electron chi connectivity index (χ1n) is 5.76. The normalized spacial score (nSPS) is 37.6. The second kappa shape index (κ2) is 4.97. The van der Waals surface area contributed by atoms with Crippen molar-refractivity contribution in [2.45, 2.75) is 33.6 Å². The van der Waals surface area contributed by atoms with Crippen molar-refractivity contribution in [1.29, 1.82) is 0 Å². The summed E-state index contributed by atoms with van der Waals surface area (Å²) in [6.45, 7) is 11.2. The topological polar surface area (TPSA) is 24.1 Å². The molecule has 2 rings (SSSR count). The third-order valence-corrected chi connectivity index (χ3v) is 3.34. The first-order valence-corrected chi connectivity index (χ1v) is 5.76. The third kappa shape index (κ3) is 2.44. The maximum atomic E-state index is 3.54. The second-order valence-electron chi connectivity index (χ2n) is 4.19. The highest BCUT2D eigenvalue weighted by atomic mass is 15.0. The van der Waals surface area contributed by atoms with Crippen LogP contribution in [0.15, 0.2) is 0 Å². The first-order chi connectivity index (χ1) is 6.35. The smallest absolute Gasteiger partial charge is 0.00201 e. The highest BCUT2D eigenvalue weighted by Gasteiger charge is 2.37. The molecule has 0 aromatic carbocycles. The predicted octanol–water partition coefficient (Wildman–Crippen LogP) is 1.62. The molecular weight excluding hydrogens is 160 g/mol. The number of hydrogen-bond acceptors (Lipinski definition) is 2. The molecule has 0 aromatic heterocycles. The summed E-state index contributed by atoms with van der Waals surface area (Å²) in [6, 6.07) is 0. The minimum Gasteiger partial charge on any atom is -0.316 e. The monoisotopic (exact) mass is 184 g/mol. The fourth-order valence-corrected chi connectivity index (χ4v) is 2.51. The highest BCUT2D eigenvalue weighted by Crippen LogP contribution is 2.34. The molecule has 2 nitrogen and oxygen atoms in total. The van der Waals surface area contributed by atoms with Gasteiger partial charge in [-0.15, -0.1) is 0 Å². The van der Waals surface area contributed by atoms with E-state index in [1.807, 2.05) is 13.8 Å². The van der Waals surface area contributed by atoms with Crippen LogP contribution in [0.1, 0.15) is 33.6 Å². The van der Waals surface area contributed by atoms with E-state index in [9.17, 15) is 0 Å². The van der Waals surface area contributed by atoms with E-state index in [-0.39, 0.29) is 0 Å². The van der Waals surface area contributed by atoms with Crippen LogP contribution in [0.3, 0.4) is 0 Å². The molecule has 78 valence electrons. The molecule has 2 bridgehead atoms. The van der Waals surface area contributed by atoms with Gasteiger partial charge in [-0.05, 0) is 37.3 Å². The van der Waals surface area contributed by atoms with Crippen LogP contribution in [-0.2, 0) is 0 Å². The summed E-state index contributed by atoms with van der Waals surface area (Å²) in [7, 11) is 0. The Morgan fingerprint density at radius 2 is 1.69 bits per heavy atom. The second-order valence-corrected chi connectivity index (χ2v) is 4.19. The molecule has 2 fully saturated rings. The van der Waals surface area contributed by atoms with Gasteiger partial charge in [-0.3, -0.25) is 0 Å². The van der Waals surface area contributed by atoms with E-state index in [2.05, 4.69) is 17.6 Å². The molecule has 2 heteroatoms. The van der Waals surface area contributed by atoms with Crippen molar-refractivity contribution in [3.05, 3.63) is 0 Å². The highest BCUT2D eigenvalue weighted by molar-refractivity contribution is 4.94. The molecule has 0 spiro atoms. The summed E-state index contributed by atoms with van der Waals surface area (Å²) in [6.07, 6.45) is 2.77. The Labute approximate surface area is 82.5 Å². The van der Waals surface area contributed by atoms with Gasteiger partial charge in [0, 0.05) is 13.1 Å². The summed E-state index contributed by atoms with van der Waals surface area (Å²) < 4.78 is 0. The van der Waals surface area contributed by atoms with Crippen molar-refractivity contribution in [3.63, 3.8) is 0 Å². The van der Waals surface area contributed by atoms with E-state index in [4.69, 9.17) is 0 Å². The Kier molecular flexibility index (Phi) is 4.20. The van der Waals surface area contributed by atoms with Crippen LogP contribution >= 0.6 is 0 Å². The molecule has 13 heavy (non-hydrogen) atoms. The molecule has 2 aliphatic rings. The Morgan fingerprint density at radius 1 is 1.15 bits per heavy atom. The van der Waals surface area contributed by atoms with E-state index >= 15 is 0 Å². The van der Waals surface area contributed by atoms with Gasteiger partial charge in [-0.1, -0.05) is 20.8 Å².